The number of aromatic nitrogens is 4. The van der Waals surface area contributed by atoms with Crippen molar-refractivity contribution in [3.8, 4) is 0 Å². The smallest absolute Gasteiger partial charge is 0.226 e. The van der Waals surface area contributed by atoms with Crippen molar-refractivity contribution in [2.24, 2.45) is 0 Å². The molecular weight excluding hydrogens is 232 g/mol. The first-order chi connectivity index (χ1) is 6.63. The first kappa shape index (κ1) is 14.4. The second-order valence-electron chi connectivity index (χ2n) is 3.10. The van der Waals surface area contributed by atoms with Crippen molar-refractivity contribution >= 4 is 30.0 Å². The third-order valence-corrected chi connectivity index (χ3v) is 2.19. The van der Waals surface area contributed by atoms with Gasteiger partial charge in [-0.1, -0.05) is 6.92 Å². The Bertz CT molecular complexity index is 497. The highest BCUT2D eigenvalue weighted by Crippen LogP contribution is 2.15. The molecule has 0 spiro atoms. The summed E-state index contributed by atoms with van der Waals surface area (Å²) in [5.41, 5.74) is 13.8. The van der Waals surface area contributed by atoms with Gasteiger partial charge in [-0.05, 0) is 13.3 Å². The number of fused-ring (bicyclic) bond motifs is 1. The molecule has 2 heterocycles. The molecule has 0 unspecified atom stereocenters. The Kier molecular flexibility index (Phi) is 4.46. The minimum atomic E-state index is 0. The van der Waals surface area contributed by atoms with E-state index in [2.05, 4.69) is 15.1 Å². The van der Waals surface area contributed by atoms with Crippen LogP contribution in [0.5, 0.6) is 0 Å². The summed E-state index contributed by atoms with van der Waals surface area (Å²) < 4.78 is 1.52. The molecule has 0 aliphatic rings. The fourth-order valence-corrected chi connectivity index (χ4v) is 1.46. The second kappa shape index (κ2) is 4.95. The highest BCUT2D eigenvalue weighted by molar-refractivity contribution is 5.85. The number of rotatable bonds is 1. The molecule has 2 aromatic rings. The van der Waals surface area contributed by atoms with Crippen LogP contribution in [-0.2, 0) is 6.42 Å². The topological polar surface area (TPSA) is 127 Å². The molecule has 0 aliphatic carbocycles. The molecular formula is C8H15ClN6O. The van der Waals surface area contributed by atoms with Crippen molar-refractivity contribution in [1.82, 2.24) is 19.6 Å². The number of halogens is 1. The van der Waals surface area contributed by atoms with Crippen LogP contribution in [-0.4, -0.2) is 25.1 Å². The van der Waals surface area contributed by atoms with Crippen molar-refractivity contribution in [1.29, 1.82) is 0 Å². The monoisotopic (exact) mass is 246 g/mol. The van der Waals surface area contributed by atoms with E-state index in [0.29, 0.717) is 5.65 Å². The maximum atomic E-state index is 5.66. The number of hydrogen-bond acceptors (Lipinski definition) is 5. The molecule has 0 aromatic carbocycles. The zero-order chi connectivity index (χ0) is 10.3. The molecule has 0 bridgehead atoms. The third kappa shape index (κ3) is 2.00. The highest BCUT2D eigenvalue weighted by Gasteiger charge is 2.11. The first-order valence-corrected chi connectivity index (χ1v) is 4.40. The summed E-state index contributed by atoms with van der Waals surface area (Å²) in [7, 11) is 0. The van der Waals surface area contributed by atoms with Crippen molar-refractivity contribution < 1.29 is 5.48 Å². The van der Waals surface area contributed by atoms with Crippen molar-refractivity contribution in [2.45, 2.75) is 20.3 Å². The maximum absolute atomic E-state index is 5.66. The summed E-state index contributed by atoms with van der Waals surface area (Å²) >= 11 is 0. The Morgan fingerprint density at radius 3 is 2.44 bits per heavy atom. The second-order valence-corrected chi connectivity index (χ2v) is 3.10. The van der Waals surface area contributed by atoms with Gasteiger partial charge in [-0.15, -0.1) is 12.4 Å². The van der Waals surface area contributed by atoms with E-state index in [4.69, 9.17) is 11.5 Å². The molecule has 8 heteroatoms. The molecule has 90 valence electrons. The van der Waals surface area contributed by atoms with Gasteiger partial charge in [0.05, 0.1) is 5.69 Å². The highest BCUT2D eigenvalue weighted by atomic mass is 35.5. The lowest BCUT2D eigenvalue weighted by Gasteiger charge is -1.98. The van der Waals surface area contributed by atoms with E-state index in [1.807, 2.05) is 13.8 Å². The molecule has 6 N–H and O–H groups in total. The Balaban J connectivity index is 0.00000112. The summed E-state index contributed by atoms with van der Waals surface area (Å²) in [5, 5.41) is 4.28. The average Bonchev–Trinajstić information content (AvgIpc) is 2.44. The van der Waals surface area contributed by atoms with E-state index in [1.54, 1.807) is 0 Å². The Hall–Kier alpha value is -1.60. The van der Waals surface area contributed by atoms with Crippen LogP contribution in [0.25, 0.3) is 5.65 Å². The Morgan fingerprint density at radius 1 is 1.25 bits per heavy atom. The molecule has 0 saturated heterocycles. The number of aryl methyl sites for hydroxylation is 2. The van der Waals surface area contributed by atoms with Gasteiger partial charge in [0.25, 0.3) is 0 Å². The van der Waals surface area contributed by atoms with Crippen LogP contribution in [0.3, 0.4) is 0 Å². The SMILES string of the molecule is CCc1nn2c(N)nc(N)nc2c1C.Cl.O. The number of anilines is 2. The van der Waals surface area contributed by atoms with Gasteiger partial charge in [0.2, 0.25) is 11.9 Å². The van der Waals surface area contributed by atoms with E-state index in [-0.39, 0.29) is 29.8 Å². The minimum Gasteiger partial charge on any atom is -0.412 e. The van der Waals surface area contributed by atoms with E-state index < -0.39 is 0 Å². The quantitative estimate of drug-likeness (QED) is 0.718. The summed E-state index contributed by atoms with van der Waals surface area (Å²) in [5.74, 6) is 0.455. The standard InChI is InChI=1S/C8H12N6.ClH.H2O/c1-3-5-4(2)6-11-7(9)12-8(10)14(6)13-5;;/h3H2,1-2H3,(H4,9,10,11,12);1H;1H2. The normalized spacial score (nSPS) is 9.62. The lowest BCUT2D eigenvalue weighted by atomic mass is 10.2. The molecule has 0 saturated carbocycles. The van der Waals surface area contributed by atoms with Crippen LogP contribution in [0.1, 0.15) is 18.2 Å². The van der Waals surface area contributed by atoms with Crippen molar-refractivity contribution in [3.63, 3.8) is 0 Å². The van der Waals surface area contributed by atoms with Crippen LogP contribution >= 0.6 is 12.4 Å². The van der Waals surface area contributed by atoms with Gasteiger partial charge >= 0.3 is 0 Å². The number of nitrogens with zero attached hydrogens (tertiary/aromatic N) is 4. The first-order valence-electron chi connectivity index (χ1n) is 4.40. The van der Waals surface area contributed by atoms with E-state index in [9.17, 15) is 0 Å². The van der Waals surface area contributed by atoms with Crippen LogP contribution in [0, 0.1) is 6.92 Å². The van der Waals surface area contributed by atoms with Crippen LogP contribution in [0.2, 0.25) is 0 Å². The third-order valence-electron chi connectivity index (χ3n) is 2.19. The molecule has 0 radical (unpaired) electrons. The molecule has 7 nitrogen and oxygen atoms in total. The number of hydrogen-bond donors (Lipinski definition) is 2. The molecule has 2 aromatic heterocycles. The van der Waals surface area contributed by atoms with Gasteiger partial charge < -0.3 is 16.9 Å². The lowest BCUT2D eigenvalue weighted by Crippen LogP contribution is -2.07. The van der Waals surface area contributed by atoms with Gasteiger partial charge in [-0.2, -0.15) is 19.6 Å². The summed E-state index contributed by atoms with van der Waals surface area (Å²) in [4.78, 5) is 7.93. The predicted octanol–water partition coefficient (Wildman–Crippen LogP) is -0.243. The average molecular weight is 247 g/mol. The number of nitrogens with two attached hydrogens (primary N) is 2. The Morgan fingerprint density at radius 2 is 1.88 bits per heavy atom. The predicted molar refractivity (Wildman–Crippen MR) is 64.6 cm³/mol. The summed E-state index contributed by atoms with van der Waals surface area (Å²) in [6.45, 7) is 3.98. The fourth-order valence-electron chi connectivity index (χ4n) is 1.46. The number of nitrogen functional groups attached to an aromatic ring is 2. The van der Waals surface area contributed by atoms with Gasteiger partial charge in [-0.25, -0.2) is 0 Å². The largest absolute Gasteiger partial charge is 0.412 e. The van der Waals surface area contributed by atoms with Gasteiger partial charge in [0, 0.05) is 5.56 Å². The molecule has 0 fully saturated rings. The molecule has 0 atom stereocenters. The van der Waals surface area contributed by atoms with Gasteiger partial charge in [0.1, 0.15) is 0 Å². The lowest BCUT2D eigenvalue weighted by molar-refractivity contribution is 0.824. The minimum absolute atomic E-state index is 0. The summed E-state index contributed by atoms with van der Waals surface area (Å²) in [6.07, 6.45) is 0.842. The molecule has 16 heavy (non-hydrogen) atoms. The van der Waals surface area contributed by atoms with E-state index in [0.717, 1.165) is 17.7 Å². The summed E-state index contributed by atoms with van der Waals surface area (Å²) in [6, 6.07) is 0. The van der Waals surface area contributed by atoms with Crippen LogP contribution in [0.15, 0.2) is 0 Å². The van der Waals surface area contributed by atoms with Crippen LogP contribution < -0.4 is 11.5 Å². The molecule has 0 amide bonds. The fraction of sp³-hybridized carbons (Fsp3) is 0.375. The molecule has 0 aliphatic heterocycles. The van der Waals surface area contributed by atoms with Gasteiger partial charge in [-0.3, -0.25) is 0 Å². The maximum Gasteiger partial charge on any atom is 0.226 e. The van der Waals surface area contributed by atoms with Crippen molar-refractivity contribution in [2.75, 3.05) is 11.5 Å². The zero-order valence-corrected chi connectivity index (χ0v) is 9.88. The van der Waals surface area contributed by atoms with Gasteiger partial charge in [0.15, 0.2) is 5.65 Å². The Labute approximate surface area is 98.6 Å². The molecule has 2 rings (SSSR count). The van der Waals surface area contributed by atoms with E-state index in [1.165, 1.54) is 4.52 Å². The van der Waals surface area contributed by atoms with Crippen LogP contribution in [0.4, 0.5) is 11.9 Å². The zero-order valence-electron chi connectivity index (χ0n) is 9.06. The van der Waals surface area contributed by atoms with Crippen molar-refractivity contribution in [3.05, 3.63) is 11.3 Å². The van der Waals surface area contributed by atoms with E-state index >= 15 is 0 Å².